The van der Waals surface area contributed by atoms with E-state index in [1.165, 1.54) is 0 Å². The molecule has 0 saturated carbocycles. The summed E-state index contributed by atoms with van der Waals surface area (Å²) in [6.07, 6.45) is -0.862. The van der Waals surface area contributed by atoms with E-state index in [2.05, 4.69) is 0 Å². The standard InChI is InChI=1S/C23H23O6P/c1-19(17-23(24)26-18-20-11-5-2-6-12-20)27-30(25,28-21-13-7-3-8-14-21)29-22-15-9-4-10-16-22/h2-16,19H,17-18H2,1H3. The Bertz CT molecular complexity index is 917. The molecule has 6 nitrogen and oxygen atoms in total. The first-order valence-corrected chi connectivity index (χ1v) is 11.0. The average molecular weight is 426 g/mol. The first-order valence-electron chi connectivity index (χ1n) is 9.50. The Labute approximate surface area is 176 Å². The van der Waals surface area contributed by atoms with Gasteiger partial charge in [0, 0.05) is 0 Å². The van der Waals surface area contributed by atoms with Crippen LogP contribution < -0.4 is 9.05 Å². The molecule has 1 atom stereocenters. The molecule has 3 rings (SSSR count). The second kappa shape index (κ2) is 10.6. The summed E-state index contributed by atoms with van der Waals surface area (Å²) >= 11 is 0. The van der Waals surface area contributed by atoms with E-state index in [0.29, 0.717) is 11.5 Å². The number of benzene rings is 3. The van der Waals surface area contributed by atoms with Crippen molar-refractivity contribution in [3.63, 3.8) is 0 Å². The summed E-state index contributed by atoms with van der Waals surface area (Å²) in [5, 5.41) is 0. The molecule has 0 aliphatic carbocycles. The Morgan fingerprint density at radius 2 is 1.27 bits per heavy atom. The number of esters is 1. The van der Waals surface area contributed by atoms with Gasteiger partial charge in [0.25, 0.3) is 0 Å². The zero-order chi connectivity index (χ0) is 21.2. The van der Waals surface area contributed by atoms with Crippen molar-refractivity contribution in [1.82, 2.24) is 0 Å². The SMILES string of the molecule is CC(CC(=O)OCc1ccccc1)OP(=O)(Oc1ccccc1)Oc1ccccc1. The second-order valence-corrected chi connectivity index (χ2v) is 7.99. The maximum atomic E-state index is 13.3. The molecule has 0 saturated heterocycles. The first-order chi connectivity index (χ1) is 14.5. The van der Waals surface area contributed by atoms with Gasteiger partial charge in [-0.3, -0.25) is 9.32 Å². The molecule has 3 aromatic rings. The minimum absolute atomic E-state index is 0.104. The molecule has 0 N–H and O–H groups in total. The fourth-order valence-corrected chi connectivity index (χ4v) is 3.97. The molecule has 0 aliphatic heterocycles. The van der Waals surface area contributed by atoms with E-state index in [9.17, 15) is 9.36 Å². The van der Waals surface area contributed by atoms with Gasteiger partial charge in [-0.05, 0) is 36.8 Å². The Morgan fingerprint density at radius 1 is 0.800 bits per heavy atom. The number of phosphoric ester groups is 1. The lowest BCUT2D eigenvalue weighted by molar-refractivity contribution is -0.146. The van der Waals surface area contributed by atoms with Gasteiger partial charge in [0.2, 0.25) is 0 Å². The topological polar surface area (TPSA) is 71.1 Å². The van der Waals surface area contributed by atoms with Gasteiger partial charge in [0.1, 0.15) is 18.1 Å². The van der Waals surface area contributed by atoms with E-state index < -0.39 is 19.9 Å². The smallest absolute Gasteiger partial charge is 0.461 e. The van der Waals surface area contributed by atoms with Crippen LogP contribution in [0.15, 0.2) is 91.0 Å². The number of para-hydroxylation sites is 2. The fourth-order valence-electron chi connectivity index (χ4n) is 2.57. The van der Waals surface area contributed by atoms with Crippen LogP contribution >= 0.6 is 7.82 Å². The first kappa shape index (κ1) is 21.6. The molecule has 0 fully saturated rings. The van der Waals surface area contributed by atoms with Crippen LogP contribution in [0.2, 0.25) is 0 Å². The van der Waals surface area contributed by atoms with Crippen LogP contribution in [-0.4, -0.2) is 12.1 Å². The highest BCUT2D eigenvalue weighted by Gasteiger charge is 2.34. The van der Waals surface area contributed by atoms with E-state index in [-0.39, 0.29) is 13.0 Å². The molecular formula is C23H23O6P. The van der Waals surface area contributed by atoms with Crippen LogP contribution in [0.3, 0.4) is 0 Å². The summed E-state index contributed by atoms with van der Waals surface area (Å²) in [5.41, 5.74) is 0.880. The van der Waals surface area contributed by atoms with Gasteiger partial charge >= 0.3 is 13.8 Å². The van der Waals surface area contributed by atoms with Gasteiger partial charge in [0.15, 0.2) is 0 Å². The zero-order valence-corrected chi connectivity index (χ0v) is 17.4. The van der Waals surface area contributed by atoms with Gasteiger partial charge in [-0.2, -0.15) is 0 Å². The van der Waals surface area contributed by atoms with Crippen molar-refractivity contribution in [3.8, 4) is 11.5 Å². The summed E-state index contributed by atoms with van der Waals surface area (Å²) < 4.78 is 35.2. The summed E-state index contributed by atoms with van der Waals surface area (Å²) in [6.45, 7) is 1.77. The number of carbonyl (C=O) groups excluding carboxylic acids is 1. The third kappa shape index (κ3) is 7.07. The monoisotopic (exact) mass is 426 g/mol. The van der Waals surface area contributed by atoms with Crippen LogP contribution in [0.1, 0.15) is 18.9 Å². The number of carbonyl (C=O) groups is 1. The molecule has 0 aliphatic rings. The highest BCUT2D eigenvalue weighted by molar-refractivity contribution is 7.49. The van der Waals surface area contributed by atoms with E-state index in [0.717, 1.165) is 5.56 Å². The van der Waals surface area contributed by atoms with E-state index in [1.807, 2.05) is 42.5 Å². The molecule has 0 heterocycles. The largest absolute Gasteiger partial charge is 0.587 e. The molecule has 0 amide bonds. The highest BCUT2D eigenvalue weighted by atomic mass is 31.2. The molecule has 0 aromatic heterocycles. The van der Waals surface area contributed by atoms with E-state index in [4.69, 9.17) is 18.3 Å². The number of phosphoric acid groups is 1. The molecule has 0 radical (unpaired) electrons. The number of hydrogen-bond acceptors (Lipinski definition) is 6. The van der Waals surface area contributed by atoms with Gasteiger partial charge < -0.3 is 13.8 Å². The highest BCUT2D eigenvalue weighted by Crippen LogP contribution is 2.50. The average Bonchev–Trinajstić information content (AvgIpc) is 2.74. The van der Waals surface area contributed by atoms with Crippen molar-refractivity contribution in [2.45, 2.75) is 26.1 Å². The Hall–Kier alpha value is -3.08. The predicted octanol–water partition coefficient (Wildman–Crippen LogP) is 5.79. The van der Waals surface area contributed by atoms with Crippen LogP contribution in [-0.2, 0) is 25.2 Å². The van der Waals surface area contributed by atoms with Crippen molar-refractivity contribution in [1.29, 1.82) is 0 Å². The molecule has 3 aromatic carbocycles. The summed E-state index contributed by atoms with van der Waals surface area (Å²) in [5.74, 6) is 0.184. The van der Waals surface area contributed by atoms with E-state index >= 15 is 0 Å². The van der Waals surface area contributed by atoms with Gasteiger partial charge in [-0.15, -0.1) is 0 Å². The molecule has 0 bridgehead atoms. The minimum Gasteiger partial charge on any atom is -0.461 e. The van der Waals surface area contributed by atoms with Crippen molar-refractivity contribution in [3.05, 3.63) is 96.6 Å². The Balaban J connectivity index is 1.62. The summed E-state index contributed by atoms with van der Waals surface area (Å²) in [7, 11) is -4.06. The maximum Gasteiger partial charge on any atom is 0.587 e. The van der Waals surface area contributed by atoms with Gasteiger partial charge in [-0.1, -0.05) is 66.7 Å². The fraction of sp³-hybridized carbons (Fsp3) is 0.174. The van der Waals surface area contributed by atoms with Gasteiger partial charge in [-0.25, -0.2) is 4.57 Å². The maximum absolute atomic E-state index is 13.3. The summed E-state index contributed by atoms with van der Waals surface area (Å²) in [6, 6.07) is 26.5. The molecular weight excluding hydrogens is 403 g/mol. The van der Waals surface area contributed by atoms with E-state index in [1.54, 1.807) is 55.5 Å². The van der Waals surface area contributed by atoms with Crippen molar-refractivity contribution in [2.75, 3.05) is 0 Å². The van der Waals surface area contributed by atoms with Crippen LogP contribution in [0.4, 0.5) is 0 Å². The Kier molecular flexibility index (Phi) is 7.66. The van der Waals surface area contributed by atoms with Crippen molar-refractivity contribution in [2.24, 2.45) is 0 Å². The number of hydrogen-bond donors (Lipinski definition) is 0. The van der Waals surface area contributed by atoms with Crippen molar-refractivity contribution >= 4 is 13.8 Å². The lowest BCUT2D eigenvalue weighted by atomic mass is 10.2. The Morgan fingerprint density at radius 3 is 1.77 bits per heavy atom. The lowest BCUT2D eigenvalue weighted by Gasteiger charge is -2.22. The molecule has 156 valence electrons. The minimum atomic E-state index is -4.06. The number of rotatable bonds is 10. The quantitative estimate of drug-likeness (QED) is 0.302. The van der Waals surface area contributed by atoms with Crippen LogP contribution in [0.5, 0.6) is 11.5 Å². The zero-order valence-electron chi connectivity index (χ0n) is 16.5. The predicted molar refractivity (Wildman–Crippen MR) is 113 cm³/mol. The van der Waals surface area contributed by atoms with Crippen LogP contribution in [0, 0.1) is 0 Å². The molecule has 1 unspecified atom stereocenters. The molecule has 7 heteroatoms. The molecule has 0 spiro atoms. The lowest BCUT2D eigenvalue weighted by Crippen LogP contribution is -2.18. The van der Waals surface area contributed by atoms with Gasteiger partial charge in [0.05, 0.1) is 12.5 Å². The summed E-state index contributed by atoms with van der Waals surface area (Å²) in [4.78, 5) is 12.2. The van der Waals surface area contributed by atoms with Crippen LogP contribution in [0.25, 0.3) is 0 Å². The normalized spacial score (nSPS) is 12.0. The number of ether oxygens (including phenoxy) is 1. The molecule has 30 heavy (non-hydrogen) atoms. The third-order valence-corrected chi connectivity index (χ3v) is 5.41. The van der Waals surface area contributed by atoms with Crippen molar-refractivity contribution < 1.29 is 27.7 Å². The second-order valence-electron chi connectivity index (χ2n) is 6.52. The third-order valence-electron chi connectivity index (χ3n) is 3.93.